The Balaban J connectivity index is -0.000000720. The molecule has 0 saturated heterocycles. The Bertz CT molecular complexity index is 234. The largest absolute Gasteiger partial charge is 0.481 e. The van der Waals surface area contributed by atoms with Gasteiger partial charge in [-0.05, 0) is 0 Å². The van der Waals surface area contributed by atoms with Crippen LogP contribution in [0.2, 0.25) is 0 Å². The smallest absolute Gasteiger partial charge is 0.336 e. The van der Waals surface area contributed by atoms with Crippen LogP contribution in [0.1, 0.15) is 12.8 Å². The van der Waals surface area contributed by atoms with Crippen LogP contribution in [0.15, 0.2) is 0 Å². The van der Waals surface area contributed by atoms with E-state index in [0.717, 1.165) is 0 Å². The minimum Gasteiger partial charge on any atom is -0.481 e. The summed E-state index contributed by atoms with van der Waals surface area (Å²) in [5.74, 6) is -5.02. The van der Waals surface area contributed by atoms with Crippen LogP contribution in [0, 0.1) is 0 Å². The normalized spacial score (nSPS) is 9.40. The molecule has 0 saturated carbocycles. The molecule has 0 aromatic heterocycles. The van der Waals surface area contributed by atoms with E-state index >= 15 is 0 Å². The van der Waals surface area contributed by atoms with Crippen molar-refractivity contribution >= 4 is 17.9 Å². The number of rotatable bonds is 5. The van der Waals surface area contributed by atoms with E-state index < -0.39 is 36.4 Å². The molecule has 0 heterocycles. The maximum atomic E-state index is 10.3. The van der Waals surface area contributed by atoms with Crippen molar-refractivity contribution in [1.29, 1.82) is 0 Å². The van der Waals surface area contributed by atoms with Gasteiger partial charge in [-0.2, -0.15) is 0 Å². The van der Waals surface area contributed by atoms with Gasteiger partial charge in [0.25, 0.3) is 0 Å². The number of aliphatic carboxylic acids is 3. The molecular formula is C6H13NO8. The van der Waals surface area contributed by atoms with E-state index in [1.807, 2.05) is 0 Å². The Morgan fingerprint density at radius 1 is 0.933 bits per heavy atom. The van der Waals surface area contributed by atoms with E-state index in [4.69, 9.17) is 20.4 Å². The van der Waals surface area contributed by atoms with Gasteiger partial charge in [0, 0.05) is 0 Å². The van der Waals surface area contributed by atoms with E-state index in [2.05, 4.69) is 0 Å². The van der Waals surface area contributed by atoms with Crippen molar-refractivity contribution in [3.05, 3.63) is 0 Å². The molecule has 0 fully saturated rings. The van der Waals surface area contributed by atoms with Gasteiger partial charge in [0.05, 0.1) is 12.8 Å². The summed E-state index contributed by atoms with van der Waals surface area (Å²) in [4.78, 5) is 30.5. The first-order valence-electron chi connectivity index (χ1n) is 3.17. The zero-order chi connectivity index (χ0) is 10.6. The fraction of sp³-hybridized carbons (Fsp3) is 0.500. The SMILES string of the molecule is N.O.O=C(O)CC(O)(CC(=O)O)C(=O)O. The van der Waals surface area contributed by atoms with Gasteiger partial charge in [0.1, 0.15) is 0 Å². The van der Waals surface area contributed by atoms with Crippen molar-refractivity contribution in [2.24, 2.45) is 0 Å². The molecule has 90 valence electrons. The number of carboxylic acids is 3. The average molecular weight is 227 g/mol. The molecule has 0 rings (SSSR count). The molecule has 0 aliphatic carbocycles. The van der Waals surface area contributed by atoms with Crippen molar-refractivity contribution in [2.75, 3.05) is 0 Å². The summed E-state index contributed by atoms with van der Waals surface area (Å²) < 4.78 is 0. The molecule has 9 heteroatoms. The molecule has 0 radical (unpaired) electrons. The monoisotopic (exact) mass is 227 g/mol. The Labute approximate surface area is 83.8 Å². The Kier molecular flexibility index (Phi) is 8.47. The maximum Gasteiger partial charge on any atom is 0.336 e. The molecule has 0 unspecified atom stereocenters. The minimum absolute atomic E-state index is 0. The van der Waals surface area contributed by atoms with E-state index in [0.29, 0.717) is 0 Å². The molecule has 0 bridgehead atoms. The first-order chi connectivity index (χ1) is 5.78. The highest BCUT2D eigenvalue weighted by Gasteiger charge is 2.40. The van der Waals surface area contributed by atoms with Crippen molar-refractivity contribution in [3.63, 3.8) is 0 Å². The van der Waals surface area contributed by atoms with Crippen LogP contribution in [-0.4, -0.2) is 49.4 Å². The molecule has 0 amide bonds. The van der Waals surface area contributed by atoms with Gasteiger partial charge in [0.2, 0.25) is 0 Å². The van der Waals surface area contributed by atoms with Crippen molar-refractivity contribution < 1.29 is 40.3 Å². The van der Waals surface area contributed by atoms with Crippen molar-refractivity contribution in [2.45, 2.75) is 18.4 Å². The van der Waals surface area contributed by atoms with Crippen molar-refractivity contribution in [3.8, 4) is 0 Å². The van der Waals surface area contributed by atoms with Gasteiger partial charge >= 0.3 is 17.9 Å². The highest BCUT2D eigenvalue weighted by Crippen LogP contribution is 2.15. The Morgan fingerprint density at radius 3 is 1.33 bits per heavy atom. The van der Waals surface area contributed by atoms with Crippen LogP contribution in [-0.2, 0) is 14.4 Å². The van der Waals surface area contributed by atoms with Gasteiger partial charge in [-0.15, -0.1) is 0 Å². The number of hydrogen-bond acceptors (Lipinski definition) is 5. The lowest BCUT2D eigenvalue weighted by molar-refractivity contribution is -0.170. The second kappa shape index (κ2) is 6.70. The van der Waals surface area contributed by atoms with Gasteiger partial charge in [-0.1, -0.05) is 0 Å². The molecule has 0 aliphatic heterocycles. The van der Waals surface area contributed by atoms with Gasteiger partial charge < -0.3 is 32.1 Å². The zero-order valence-electron chi connectivity index (χ0n) is 7.63. The maximum absolute atomic E-state index is 10.3. The van der Waals surface area contributed by atoms with Crippen LogP contribution in [0.5, 0.6) is 0 Å². The quantitative estimate of drug-likeness (QED) is 0.358. The predicted molar refractivity (Wildman–Crippen MR) is 45.7 cm³/mol. The Hall–Kier alpha value is -1.71. The highest BCUT2D eigenvalue weighted by molar-refractivity contribution is 5.88. The summed E-state index contributed by atoms with van der Waals surface area (Å²) >= 11 is 0. The van der Waals surface area contributed by atoms with Crippen LogP contribution in [0.3, 0.4) is 0 Å². The lowest BCUT2D eigenvalue weighted by atomic mass is 9.96. The number of aliphatic hydroxyl groups is 1. The molecule has 9 nitrogen and oxygen atoms in total. The number of carbonyl (C=O) groups is 3. The second-order valence-electron chi connectivity index (χ2n) is 2.48. The van der Waals surface area contributed by atoms with E-state index in [1.54, 1.807) is 0 Å². The van der Waals surface area contributed by atoms with E-state index in [9.17, 15) is 14.4 Å². The third-order valence-electron chi connectivity index (χ3n) is 1.29. The molecule has 0 aromatic rings. The van der Waals surface area contributed by atoms with Crippen LogP contribution < -0.4 is 6.15 Å². The van der Waals surface area contributed by atoms with E-state index in [1.165, 1.54) is 0 Å². The summed E-state index contributed by atoms with van der Waals surface area (Å²) in [5.41, 5.74) is -2.74. The summed E-state index contributed by atoms with van der Waals surface area (Å²) in [5, 5.41) is 33.8. The summed E-state index contributed by atoms with van der Waals surface area (Å²) in [6, 6.07) is 0. The van der Waals surface area contributed by atoms with E-state index in [-0.39, 0.29) is 11.6 Å². The van der Waals surface area contributed by atoms with Crippen LogP contribution >= 0.6 is 0 Å². The number of carboxylic acid groups (broad SMARTS) is 3. The first kappa shape index (κ1) is 19.0. The Morgan fingerprint density at radius 2 is 1.20 bits per heavy atom. The van der Waals surface area contributed by atoms with Gasteiger partial charge in [-0.3, -0.25) is 9.59 Å². The molecule has 9 N–H and O–H groups in total. The highest BCUT2D eigenvalue weighted by atomic mass is 16.4. The summed E-state index contributed by atoms with van der Waals surface area (Å²) in [7, 11) is 0. The van der Waals surface area contributed by atoms with Crippen LogP contribution in [0.25, 0.3) is 0 Å². The topological polar surface area (TPSA) is 199 Å². The van der Waals surface area contributed by atoms with Gasteiger partial charge in [-0.25, -0.2) is 4.79 Å². The fourth-order valence-corrected chi connectivity index (χ4v) is 0.714. The minimum atomic E-state index is -2.74. The molecular weight excluding hydrogens is 214 g/mol. The third-order valence-corrected chi connectivity index (χ3v) is 1.29. The average Bonchev–Trinajstić information content (AvgIpc) is 1.82. The molecule has 0 spiro atoms. The molecule has 0 aliphatic rings. The molecule has 0 atom stereocenters. The zero-order valence-corrected chi connectivity index (χ0v) is 7.63. The standard InChI is InChI=1S/C6H8O7.H3N.H2O/c7-3(8)1-6(13,5(11)12)2-4(9)10;;/h13H,1-2H2,(H,7,8)(H,9,10)(H,11,12);1H3;1H2. The molecule has 0 aromatic carbocycles. The van der Waals surface area contributed by atoms with Crippen LogP contribution in [0.4, 0.5) is 0 Å². The number of hydrogen-bond donors (Lipinski definition) is 5. The van der Waals surface area contributed by atoms with Gasteiger partial charge in [0.15, 0.2) is 5.60 Å². The summed E-state index contributed by atoms with van der Waals surface area (Å²) in [6.07, 6.45) is -2.29. The summed E-state index contributed by atoms with van der Waals surface area (Å²) in [6.45, 7) is 0. The third kappa shape index (κ3) is 6.37. The predicted octanol–water partition coefficient (Wildman–Crippen LogP) is -1.91. The first-order valence-corrected chi connectivity index (χ1v) is 3.17. The fourth-order valence-electron chi connectivity index (χ4n) is 0.714. The lowest BCUT2D eigenvalue weighted by Crippen LogP contribution is -2.42. The molecule has 15 heavy (non-hydrogen) atoms. The second-order valence-corrected chi connectivity index (χ2v) is 2.48. The lowest BCUT2D eigenvalue weighted by Gasteiger charge is -2.18. The van der Waals surface area contributed by atoms with Crippen molar-refractivity contribution in [1.82, 2.24) is 6.15 Å².